The summed E-state index contributed by atoms with van der Waals surface area (Å²) in [6.07, 6.45) is 2.46. The Labute approximate surface area is 244 Å². The van der Waals surface area contributed by atoms with E-state index >= 15 is 4.39 Å². The van der Waals surface area contributed by atoms with Gasteiger partial charge in [-0.05, 0) is 67.5 Å². The van der Waals surface area contributed by atoms with Gasteiger partial charge < -0.3 is 19.5 Å². The van der Waals surface area contributed by atoms with Crippen molar-refractivity contribution >= 4 is 40.8 Å². The first-order valence-corrected chi connectivity index (χ1v) is 13.9. The van der Waals surface area contributed by atoms with E-state index in [1.54, 1.807) is 30.3 Å². The maximum Gasteiger partial charge on any atom is 0.335 e. The van der Waals surface area contributed by atoms with Crippen LogP contribution in [0.25, 0.3) is 11.3 Å². The van der Waals surface area contributed by atoms with Crippen molar-refractivity contribution in [1.29, 1.82) is 0 Å². The maximum atomic E-state index is 15.3. The number of nitrogens with zero attached hydrogens (tertiary/aromatic N) is 1. The van der Waals surface area contributed by atoms with Crippen molar-refractivity contribution in [3.05, 3.63) is 103 Å². The Morgan fingerprint density at radius 1 is 1.02 bits per heavy atom. The third kappa shape index (κ3) is 4.96. The number of benzene rings is 3. The molecule has 0 unspecified atom stereocenters. The van der Waals surface area contributed by atoms with Gasteiger partial charge in [-0.25, -0.2) is 9.18 Å². The molecule has 0 amide bonds. The van der Waals surface area contributed by atoms with E-state index in [0.717, 1.165) is 18.4 Å². The molecule has 206 valence electrons. The largest absolute Gasteiger partial charge is 0.486 e. The van der Waals surface area contributed by atoms with Crippen molar-refractivity contribution in [2.24, 2.45) is 0 Å². The highest BCUT2D eigenvalue weighted by molar-refractivity contribution is 6.39. The molecule has 0 radical (unpaired) electrons. The van der Waals surface area contributed by atoms with Gasteiger partial charge in [0, 0.05) is 23.1 Å². The predicted molar refractivity (Wildman–Crippen MR) is 149 cm³/mol. The number of halogens is 4. The van der Waals surface area contributed by atoms with Gasteiger partial charge >= 0.3 is 5.97 Å². The number of aliphatic hydroxyl groups is 1. The summed E-state index contributed by atoms with van der Waals surface area (Å²) in [5.41, 5.74) is 1.50. The standard InChI is InChI=1S/C30H23Cl3FNO5/c31-21-5-2-6-22(32)26(21)27-19(28(40-35-27)15-7-8-15)14-39-25-11-23(33)20(10-24(25)34)30(38)12-18(13-30)16-3-1-4-17(9-16)29(36)37/h1-6,9-11,15,18,38H,7-8,12-14H2,(H,36,37). The van der Waals surface area contributed by atoms with Crippen LogP contribution in [-0.2, 0) is 12.2 Å². The molecule has 6 nitrogen and oxygen atoms in total. The van der Waals surface area contributed by atoms with E-state index in [4.69, 9.17) is 44.1 Å². The fourth-order valence-electron chi connectivity index (χ4n) is 5.33. The van der Waals surface area contributed by atoms with Gasteiger partial charge in [-0.1, -0.05) is 58.2 Å². The Balaban J connectivity index is 1.22. The molecule has 0 saturated heterocycles. The van der Waals surface area contributed by atoms with E-state index in [1.807, 2.05) is 6.07 Å². The SMILES string of the molecule is O=C(O)c1cccc(C2CC(O)(c3cc(F)c(OCc4c(-c5c(Cl)cccc5Cl)noc4C4CC4)cc3Cl)C2)c1. The Morgan fingerprint density at radius 2 is 1.73 bits per heavy atom. The number of rotatable bonds is 8. The minimum Gasteiger partial charge on any atom is -0.486 e. The highest BCUT2D eigenvalue weighted by Crippen LogP contribution is 2.53. The lowest BCUT2D eigenvalue weighted by atomic mass is 9.65. The normalized spacial score (nSPS) is 20.3. The summed E-state index contributed by atoms with van der Waals surface area (Å²) < 4.78 is 26.8. The van der Waals surface area contributed by atoms with Crippen LogP contribution in [0.3, 0.4) is 0 Å². The van der Waals surface area contributed by atoms with Gasteiger partial charge in [-0.3, -0.25) is 0 Å². The number of ether oxygens (including phenoxy) is 1. The second-order valence-electron chi connectivity index (χ2n) is 10.4. The van der Waals surface area contributed by atoms with E-state index in [9.17, 15) is 15.0 Å². The lowest BCUT2D eigenvalue weighted by molar-refractivity contribution is -0.0551. The molecule has 0 spiro atoms. The van der Waals surface area contributed by atoms with E-state index in [1.165, 1.54) is 18.2 Å². The number of carbonyl (C=O) groups is 1. The maximum absolute atomic E-state index is 15.3. The zero-order valence-electron chi connectivity index (χ0n) is 21.0. The van der Waals surface area contributed by atoms with Crippen molar-refractivity contribution in [1.82, 2.24) is 5.16 Å². The predicted octanol–water partition coefficient (Wildman–Crippen LogP) is 8.36. The Bertz CT molecular complexity index is 1610. The Kier molecular flexibility index (Phi) is 7.03. The summed E-state index contributed by atoms with van der Waals surface area (Å²) in [7, 11) is 0. The molecule has 40 heavy (non-hydrogen) atoms. The molecule has 2 aliphatic carbocycles. The second kappa shape index (κ2) is 10.4. The Hall–Kier alpha value is -3.10. The summed E-state index contributed by atoms with van der Waals surface area (Å²) in [5.74, 6) is -0.990. The molecule has 2 saturated carbocycles. The first-order chi connectivity index (χ1) is 19.1. The molecular formula is C30H23Cl3FNO5. The van der Waals surface area contributed by atoms with E-state index < -0.39 is 17.4 Å². The van der Waals surface area contributed by atoms with Gasteiger partial charge in [-0.15, -0.1) is 0 Å². The molecule has 4 aromatic rings. The quantitative estimate of drug-likeness (QED) is 0.211. The highest BCUT2D eigenvalue weighted by Gasteiger charge is 2.46. The molecule has 6 rings (SSSR count). The van der Waals surface area contributed by atoms with Crippen molar-refractivity contribution in [3.8, 4) is 17.0 Å². The minimum absolute atomic E-state index is 0.0505. The average molecular weight is 603 g/mol. The van der Waals surface area contributed by atoms with Crippen LogP contribution in [0, 0.1) is 5.82 Å². The minimum atomic E-state index is -1.35. The molecule has 0 bridgehead atoms. The number of carboxylic acids is 1. The fourth-order valence-corrected chi connectivity index (χ4v) is 6.24. The van der Waals surface area contributed by atoms with E-state index in [2.05, 4.69) is 5.16 Å². The molecule has 3 aromatic carbocycles. The van der Waals surface area contributed by atoms with Crippen LogP contribution in [-0.4, -0.2) is 21.3 Å². The fraction of sp³-hybridized carbons (Fsp3) is 0.267. The summed E-state index contributed by atoms with van der Waals surface area (Å²) in [6.45, 7) is -0.0505. The van der Waals surface area contributed by atoms with Crippen molar-refractivity contribution < 1.29 is 28.7 Å². The van der Waals surface area contributed by atoms with Crippen molar-refractivity contribution in [2.45, 2.75) is 49.7 Å². The molecule has 0 atom stereocenters. The van der Waals surface area contributed by atoms with Crippen LogP contribution in [0.4, 0.5) is 4.39 Å². The number of aromatic nitrogens is 1. The van der Waals surface area contributed by atoms with Crippen LogP contribution < -0.4 is 4.74 Å². The van der Waals surface area contributed by atoms with Crippen LogP contribution >= 0.6 is 34.8 Å². The summed E-state index contributed by atoms with van der Waals surface area (Å²) >= 11 is 19.4. The summed E-state index contributed by atoms with van der Waals surface area (Å²) in [4.78, 5) is 11.3. The average Bonchev–Trinajstić information content (AvgIpc) is 3.67. The third-order valence-corrected chi connectivity index (χ3v) is 8.58. The highest BCUT2D eigenvalue weighted by atomic mass is 35.5. The topological polar surface area (TPSA) is 92.8 Å². The zero-order valence-corrected chi connectivity index (χ0v) is 23.2. The molecule has 2 fully saturated rings. The van der Waals surface area contributed by atoms with Gasteiger partial charge in [-0.2, -0.15) is 0 Å². The first kappa shape index (κ1) is 27.1. The van der Waals surface area contributed by atoms with Crippen LogP contribution in [0.15, 0.2) is 59.1 Å². The Morgan fingerprint density at radius 3 is 2.40 bits per heavy atom. The molecule has 2 aliphatic rings. The summed E-state index contributed by atoms with van der Waals surface area (Å²) in [5, 5.41) is 25.7. The molecule has 0 aliphatic heterocycles. The monoisotopic (exact) mass is 601 g/mol. The third-order valence-electron chi connectivity index (χ3n) is 7.63. The van der Waals surface area contributed by atoms with E-state index in [0.29, 0.717) is 32.6 Å². The van der Waals surface area contributed by atoms with Gasteiger partial charge in [0.15, 0.2) is 11.6 Å². The van der Waals surface area contributed by atoms with Gasteiger partial charge in [0.25, 0.3) is 0 Å². The number of hydrogen-bond acceptors (Lipinski definition) is 5. The number of hydrogen-bond donors (Lipinski definition) is 2. The lowest BCUT2D eigenvalue weighted by Crippen LogP contribution is -2.40. The molecule has 10 heteroatoms. The van der Waals surface area contributed by atoms with Crippen molar-refractivity contribution in [3.63, 3.8) is 0 Å². The molecule has 1 heterocycles. The van der Waals surface area contributed by atoms with Gasteiger partial charge in [0.1, 0.15) is 18.1 Å². The van der Waals surface area contributed by atoms with Crippen LogP contribution in [0.1, 0.15) is 70.3 Å². The van der Waals surface area contributed by atoms with Crippen molar-refractivity contribution in [2.75, 3.05) is 0 Å². The van der Waals surface area contributed by atoms with Gasteiger partial charge in [0.2, 0.25) is 0 Å². The zero-order chi connectivity index (χ0) is 28.2. The number of carboxylic acid groups (broad SMARTS) is 1. The van der Waals surface area contributed by atoms with Crippen LogP contribution in [0.2, 0.25) is 15.1 Å². The smallest absolute Gasteiger partial charge is 0.335 e. The second-order valence-corrected chi connectivity index (χ2v) is 11.6. The first-order valence-electron chi connectivity index (χ1n) is 12.8. The molecule has 2 N–H and O–H groups in total. The van der Waals surface area contributed by atoms with Gasteiger partial charge in [0.05, 0.1) is 31.8 Å². The number of aromatic carboxylic acids is 1. The van der Waals surface area contributed by atoms with Crippen LogP contribution in [0.5, 0.6) is 5.75 Å². The molecular weight excluding hydrogens is 580 g/mol. The summed E-state index contributed by atoms with van der Waals surface area (Å²) in [6, 6.07) is 14.3. The molecule has 1 aromatic heterocycles. The van der Waals surface area contributed by atoms with E-state index in [-0.39, 0.29) is 53.2 Å². The lowest BCUT2D eigenvalue weighted by Gasteiger charge is -2.44.